The molecule has 0 saturated heterocycles. The minimum absolute atomic E-state index is 0.0129. The first kappa shape index (κ1) is 92.4. The number of primary amides is 1. The maximum atomic E-state index is 10.4. The number of guanidine groups is 1. The van der Waals surface area contributed by atoms with Crippen molar-refractivity contribution in [2.75, 3.05) is 13.2 Å². The normalized spacial score (nSPS) is 12.9. The number of amides is 1. The summed E-state index contributed by atoms with van der Waals surface area (Å²) in [6, 6.07) is 20.4. The Morgan fingerprint density at radius 2 is 0.644 bits per heavy atom. The number of benzene rings is 3. The molecule has 0 aliphatic rings. The number of hydrogen-bond acceptors (Lipinski definition) is 21. The average molecular weight is 1290 g/mol. The molecule has 90 heavy (non-hydrogen) atoms. The maximum Gasteiger partial charge on any atom is 0.322 e. The van der Waals surface area contributed by atoms with Gasteiger partial charge in [-0.2, -0.15) is 0 Å². The van der Waals surface area contributed by atoms with E-state index in [1.807, 2.05) is 119 Å². The molecule has 512 valence electrons. The predicted molar refractivity (Wildman–Crippen MR) is 335 cm³/mol. The number of aliphatic carboxylic acids is 9. The summed E-state index contributed by atoms with van der Waals surface area (Å²) in [5.74, 6) is -8.98. The fourth-order valence-electron chi connectivity index (χ4n) is 5.39. The van der Waals surface area contributed by atoms with Gasteiger partial charge in [-0.05, 0) is 79.4 Å². The van der Waals surface area contributed by atoms with E-state index in [1.54, 1.807) is 13.8 Å². The first-order chi connectivity index (χ1) is 41.5. The highest BCUT2D eigenvalue weighted by atomic mass is 16.4. The van der Waals surface area contributed by atoms with Crippen LogP contribution in [0.25, 0.3) is 0 Å². The van der Waals surface area contributed by atoms with Crippen molar-refractivity contribution >= 4 is 65.6 Å². The van der Waals surface area contributed by atoms with Gasteiger partial charge in [-0.3, -0.25) is 52.9 Å². The molecule has 0 saturated carbocycles. The molecule has 3 aromatic carbocycles. The highest BCUT2D eigenvalue weighted by Gasteiger charge is 2.17. The summed E-state index contributed by atoms with van der Waals surface area (Å²) in [5.41, 5.74) is 64.1. The van der Waals surface area contributed by atoms with Crippen molar-refractivity contribution in [3.05, 3.63) is 108 Å². The van der Waals surface area contributed by atoms with Crippen molar-refractivity contribution in [1.29, 1.82) is 0 Å². The van der Waals surface area contributed by atoms with Crippen LogP contribution in [0.5, 0.6) is 0 Å². The van der Waals surface area contributed by atoms with Crippen LogP contribution >= 0.6 is 0 Å². The van der Waals surface area contributed by atoms with E-state index in [0.717, 1.165) is 16.7 Å². The lowest BCUT2D eigenvalue weighted by Crippen LogP contribution is -2.34. The Morgan fingerprint density at radius 1 is 0.378 bits per heavy atom. The monoisotopic (exact) mass is 1290 g/mol. The zero-order valence-electron chi connectivity index (χ0n) is 51.6. The topological polar surface area (TPSA) is 698 Å². The van der Waals surface area contributed by atoms with Crippen molar-refractivity contribution in [1.82, 2.24) is 0 Å². The van der Waals surface area contributed by atoms with Crippen molar-refractivity contribution in [2.24, 2.45) is 91.6 Å². The second-order valence-corrected chi connectivity index (χ2v) is 20.3. The van der Waals surface area contributed by atoms with Gasteiger partial charge in [0.25, 0.3) is 0 Å². The Bertz CT molecular complexity index is 2340. The summed E-state index contributed by atoms with van der Waals surface area (Å²) in [6.07, 6.45) is 2.90. The Balaban J connectivity index is -0.000000222. The quantitative estimate of drug-likeness (QED) is 0.0223. The molecule has 0 spiro atoms. The number of aliphatic hydroxyl groups is 1. The summed E-state index contributed by atoms with van der Waals surface area (Å²) in [6.45, 7) is 11.3. The number of nitrogens with two attached hydrogens (primary N) is 12. The third-order valence-corrected chi connectivity index (χ3v) is 10.5. The third-order valence-electron chi connectivity index (χ3n) is 10.5. The molecule has 3 aromatic rings. The lowest BCUT2D eigenvalue weighted by molar-refractivity contribution is -0.140. The Labute approximate surface area is 522 Å². The van der Waals surface area contributed by atoms with Crippen LogP contribution in [0.4, 0.5) is 0 Å². The minimum atomic E-state index is -1.21. The van der Waals surface area contributed by atoms with Crippen LogP contribution in [0.15, 0.2) is 96.0 Å². The van der Waals surface area contributed by atoms with Gasteiger partial charge < -0.3 is 120 Å². The lowest BCUT2D eigenvalue weighted by atomic mass is 10.1. The number of rotatable bonds is 27. The van der Waals surface area contributed by atoms with E-state index in [1.165, 1.54) is 0 Å². The molecule has 0 aliphatic heterocycles. The van der Waals surface area contributed by atoms with Crippen LogP contribution in [0.3, 0.4) is 0 Å². The molecule has 0 heterocycles. The number of nitrogens with zero attached hydrogens (tertiary/aromatic N) is 1. The maximum absolute atomic E-state index is 10.4. The SMILES string of the molecule is CC(C)C[C@H](N)C(=O)O.CC(C)C[C@H](N)C(=O)O.CC(C)[C@H](N)C(=O)O.NC(=O)C[C@H](N)C(=O)O.NC(N)=NCCC[C@H](N)C(=O)O.N[C@@H](CO)C(=O)O.N[C@@H](Cc1ccccc1)C(=O)O.N[C@@H](Cc1ccccc1)C(=O)O.N[C@@H](Cc1ccccc1)C(=O)O. The van der Waals surface area contributed by atoms with Crippen LogP contribution in [0, 0.1) is 17.8 Å². The predicted octanol–water partition coefficient (Wildman–Crippen LogP) is -2.02. The van der Waals surface area contributed by atoms with E-state index in [2.05, 4.69) is 10.7 Å². The zero-order valence-corrected chi connectivity index (χ0v) is 51.6. The van der Waals surface area contributed by atoms with E-state index in [-0.39, 0.29) is 18.3 Å². The molecule has 0 fully saturated rings. The second kappa shape index (κ2) is 55.5. The second-order valence-electron chi connectivity index (χ2n) is 20.3. The largest absolute Gasteiger partial charge is 0.480 e. The highest BCUT2D eigenvalue weighted by molar-refractivity contribution is 5.83. The molecular formula is C57H99N13O20. The van der Waals surface area contributed by atoms with E-state index in [4.69, 9.17) is 114 Å². The van der Waals surface area contributed by atoms with Crippen LogP contribution < -0.4 is 68.8 Å². The van der Waals surface area contributed by atoms with Gasteiger partial charge in [0.05, 0.1) is 13.0 Å². The fourth-order valence-corrected chi connectivity index (χ4v) is 5.39. The highest BCUT2D eigenvalue weighted by Crippen LogP contribution is 2.05. The van der Waals surface area contributed by atoms with Gasteiger partial charge in [-0.1, -0.05) is 133 Å². The summed E-state index contributed by atoms with van der Waals surface area (Å²) in [4.78, 5) is 105. The van der Waals surface area contributed by atoms with Crippen molar-refractivity contribution in [2.45, 2.75) is 147 Å². The fraction of sp³-hybridized carbons (Fsp3) is 0.491. The first-order valence-electron chi connectivity index (χ1n) is 27.4. The smallest absolute Gasteiger partial charge is 0.322 e. The van der Waals surface area contributed by atoms with E-state index in [9.17, 15) is 47.9 Å². The summed E-state index contributed by atoms with van der Waals surface area (Å²) < 4.78 is 0. The Kier molecular flexibility index (Phi) is 57.0. The number of hydrogen-bond donors (Lipinski definition) is 22. The molecule has 33 heteroatoms. The van der Waals surface area contributed by atoms with E-state index < -0.39 is 121 Å². The van der Waals surface area contributed by atoms with E-state index in [0.29, 0.717) is 63.3 Å². The first-order valence-corrected chi connectivity index (χ1v) is 27.4. The van der Waals surface area contributed by atoms with Gasteiger partial charge in [0, 0.05) is 6.54 Å². The molecule has 0 bridgehead atoms. The van der Waals surface area contributed by atoms with Crippen molar-refractivity contribution in [3.8, 4) is 0 Å². The van der Waals surface area contributed by atoms with Crippen molar-refractivity contribution < 1.29 is 99.0 Å². The van der Waals surface area contributed by atoms with Gasteiger partial charge in [-0.15, -0.1) is 0 Å². The number of carboxylic acid groups (broad SMARTS) is 9. The van der Waals surface area contributed by atoms with Crippen LogP contribution in [0.1, 0.15) is 90.3 Å². The molecule has 1 amide bonds. The summed E-state index contributed by atoms with van der Waals surface area (Å²) in [5, 5.41) is 82.8. The van der Waals surface area contributed by atoms with Gasteiger partial charge in [0.15, 0.2) is 5.96 Å². The molecular weight excluding hydrogens is 1190 g/mol. The van der Waals surface area contributed by atoms with E-state index >= 15 is 0 Å². The molecule has 3 rings (SSSR count). The third kappa shape index (κ3) is 62.3. The van der Waals surface area contributed by atoms with Crippen LogP contribution in [0.2, 0.25) is 0 Å². The van der Waals surface area contributed by atoms with Crippen LogP contribution in [-0.2, 0) is 67.2 Å². The molecule has 0 unspecified atom stereocenters. The van der Waals surface area contributed by atoms with Gasteiger partial charge in [-0.25, -0.2) is 0 Å². The number of carbonyl (C=O) groups excluding carboxylic acids is 1. The average Bonchev–Trinajstić information content (AvgIpc) is 3.66. The van der Waals surface area contributed by atoms with Gasteiger partial charge in [0.1, 0.15) is 54.4 Å². The summed E-state index contributed by atoms with van der Waals surface area (Å²) >= 11 is 0. The van der Waals surface area contributed by atoms with Gasteiger partial charge >= 0.3 is 53.7 Å². The molecule has 34 N–H and O–H groups in total. The standard InChI is InChI=1S/3C9H11NO2.C6H14N4O2.2C6H13NO2.C5H11NO2.C4H8N2O3.C3H7NO3/c3*10-8(9(11)12)6-7-4-2-1-3-5-7;7-4(5(11)12)2-1-3-10-6(8)9;2*1-4(2)3-5(7)6(8)9;1-3(2)4(6)5(7)8;5-2(4(8)9)1-3(6)7;4-2(1-5)3(6)7/h3*1-5,8H,6,10H2,(H,11,12);4H,1-3,7H2,(H,11,12)(H4,8,9,10);2*4-5H,3,7H2,1-2H3,(H,8,9);3-4H,6H2,1-2H3,(H,7,8);2H,1,5H2,(H2,6,7)(H,8,9);2,5H,1,4H2,(H,6,7)/t3*8-;4-;2*5-;4-;2*2-/m000000000/s1. The molecule has 9 atom stereocenters. The number of aliphatic hydroxyl groups excluding tert-OH is 1. The van der Waals surface area contributed by atoms with Crippen LogP contribution in [-0.4, -0.2) is 184 Å². The Hall–Kier alpha value is -8.77. The molecule has 0 aliphatic carbocycles. The molecule has 0 radical (unpaired) electrons. The minimum Gasteiger partial charge on any atom is -0.480 e. The van der Waals surface area contributed by atoms with Crippen molar-refractivity contribution in [3.63, 3.8) is 0 Å². The lowest BCUT2D eigenvalue weighted by Gasteiger charge is -2.07. The zero-order chi connectivity index (χ0) is 71.4. The number of carbonyl (C=O) groups is 10. The molecule has 33 nitrogen and oxygen atoms in total. The summed E-state index contributed by atoms with van der Waals surface area (Å²) in [7, 11) is 0. The number of carboxylic acids is 9. The Morgan fingerprint density at radius 3 is 0.789 bits per heavy atom. The number of aliphatic imine (C=N–C) groups is 1. The molecule has 0 aromatic heterocycles. The van der Waals surface area contributed by atoms with Gasteiger partial charge in [0.2, 0.25) is 5.91 Å².